The van der Waals surface area contributed by atoms with Crippen LogP contribution in [0.2, 0.25) is 5.02 Å². The van der Waals surface area contributed by atoms with E-state index < -0.39 is 0 Å². The summed E-state index contributed by atoms with van der Waals surface area (Å²) in [7, 11) is 0. The van der Waals surface area contributed by atoms with Gasteiger partial charge < -0.3 is 5.32 Å². The smallest absolute Gasteiger partial charge is 0.308 e. The zero-order valence-corrected chi connectivity index (χ0v) is 13.0. The summed E-state index contributed by atoms with van der Waals surface area (Å²) in [6.07, 6.45) is 3.49. The second-order valence-corrected chi connectivity index (χ2v) is 6.01. The molecule has 0 spiro atoms. The zero-order valence-electron chi connectivity index (χ0n) is 11.4. The molecule has 0 unspecified atom stereocenters. The van der Waals surface area contributed by atoms with Gasteiger partial charge >= 0.3 is 6.03 Å². The first kappa shape index (κ1) is 14.6. The number of thiophene rings is 1. The van der Waals surface area contributed by atoms with Crippen LogP contribution >= 0.6 is 22.9 Å². The molecule has 22 heavy (non-hydrogen) atoms. The molecule has 0 atom stereocenters. The van der Waals surface area contributed by atoms with Gasteiger partial charge in [0, 0.05) is 28.0 Å². The van der Waals surface area contributed by atoms with Crippen molar-refractivity contribution in [1.82, 2.24) is 4.98 Å². The zero-order chi connectivity index (χ0) is 15.4. The van der Waals surface area contributed by atoms with Gasteiger partial charge in [0.1, 0.15) is 0 Å². The Kier molecular flexibility index (Phi) is 4.37. The van der Waals surface area contributed by atoms with Gasteiger partial charge in [0.2, 0.25) is 0 Å². The molecule has 0 aliphatic rings. The number of benzene rings is 1. The molecular weight excluding hydrogens is 318 g/mol. The molecule has 0 bridgehead atoms. The van der Waals surface area contributed by atoms with Crippen molar-refractivity contribution in [3.63, 3.8) is 0 Å². The van der Waals surface area contributed by atoms with Gasteiger partial charge in [-0.1, -0.05) is 11.6 Å². The molecule has 0 aliphatic carbocycles. The minimum atomic E-state index is -0.287. The highest BCUT2D eigenvalue weighted by Gasteiger charge is 2.06. The molecule has 4 nitrogen and oxygen atoms in total. The van der Waals surface area contributed by atoms with E-state index in [4.69, 9.17) is 11.6 Å². The molecule has 0 radical (unpaired) electrons. The Hall–Kier alpha value is -2.37. The van der Waals surface area contributed by atoms with Gasteiger partial charge in [-0.15, -0.1) is 11.3 Å². The predicted octanol–water partition coefficient (Wildman–Crippen LogP) is 5.11. The van der Waals surface area contributed by atoms with Crippen LogP contribution in [0.4, 0.5) is 15.5 Å². The summed E-state index contributed by atoms with van der Waals surface area (Å²) in [6.45, 7) is 0. The topological polar surface area (TPSA) is 54.0 Å². The van der Waals surface area contributed by atoms with E-state index in [1.54, 1.807) is 36.7 Å². The second kappa shape index (κ2) is 6.60. The first-order valence-electron chi connectivity index (χ1n) is 6.54. The van der Waals surface area contributed by atoms with E-state index >= 15 is 0 Å². The summed E-state index contributed by atoms with van der Waals surface area (Å²) < 4.78 is 0. The number of urea groups is 1. The van der Waals surface area contributed by atoms with Crippen LogP contribution in [0.3, 0.4) is 0 Å². The van der Waals surface area contributed by atoms with E-state index in [0.717, 1.165) is 15.4 Å². The van der Waals surface area contributed by atoms with Gasteiger partial charge in [-0.05, 0) is 54.1 Å². The number of hydrogen-bond acceptors (Lipinski definition) is 3. The van der Waals surface area contributed by atoms with Crippen LogP contribution in [-0.4, -0.2) is 11.0 Å². The molecule has 0 saturated heterocycles. The maximum Gasteiger partial charge on any atom is 0.324 e. The number of aromatic nitrogens is 1. The molecule has 6 heteroatoms. The summed E-state index contributed by atoms with van der Waals surface area (Å²) in [5, 5.41) is 6.98. The Bertz CT molecular complexity index is 772. The molecule has 0 saturated carbocycles. The van der Waals surface area contributed by atoms with Crippen molar-refractivity contribution in [1.29, 1.82) is 0 Å². The van der Waals surface area contributed by atoms with Gasteiger partial charge in [-0.2, -0.15) is 0 Å². The maximum absolute atomic E-state index is 12.0. The molecule has 1 aromatic carbocycles. The highest BCUT2D eigenvalue weighted by molar-refractivity contribution is 7.19. The van der Waals surface area contributed by atoms with Crippen molar-refractivity contribution in [2.75, 3.05) is 10.6 Å². The lowest BCUT2D eigenvalue weighted by atomic mass is 10.2. The summed E-state index contributed by atoms with van der Waals surface area (Å²) in [5.74, 6) is 0. The monoisotopic (exact) mass is 329 g/mol. The van der Waals surface area contributed by atoms with Crippen molar-refractivity contribution in [2.45, 2.75) is 0 Å². The van der Waals surface area contributed by atoms with Crippen LogP contribution in [0.1, 0.15) is 0 Å². The van der Waals surface area contributed by atoms with Crippen molar-refractivity contribution in [3.05, 3.63) is 65.9 Å². The van der Waals surface area contributed by atoms with E-state index in [0.29, 0.717) is 10.7 Å². The lowest BCUT2D eigenvalue weighted by molar-refractivity contribution is 0.262. The van der Waals surface area contributed by atoms with Crippen LogP contribution in [-0.2, 0) is 0 Å². The third kappa shape index (κ3) is 3.63. The second-order valence-electron chi connectivity index (χ2n) is 4.49. The van der Waals surface area contributed by atoms with E-state index in [1.165, 1.54) is 11.3 Å². The van der Waals surface area contributed by atoms with Gasteiger partial charge in [-0.25, -0.2) is 4.79 Å². The Labute approximate surface area is 136 Å². The number of halogens is 1. The molecule has 2 N–H and O–H groups in total. The van der Waals surface area contributed by atoms with Gasteiger partial charge in [0.15, 0.2) is 0 Å². The number of anilines is 2. The van der Waals surface area contributed by atoms with E-state index in [-0.39, 0.29) is 6.03 Å². The van der Waals surface area contributed by atoms with E-state index in [9.17, 15) is 4.79 Å². The SMILES string of the molecule is O=C(Nc1ccc(Cl)cc1)Nc1ccc(-c2ccncc2)s1. The van der Waals surface area contributed by atoms with Crippen LogP contribution in [0.15, 0.2) is 60.9 Å². The van der Waals surface area contributed by atoms with Crippen molar-refractivity contribution in [3.8, 4) is 10.4 Å². The van der Waals surface area contributed by atoms with Gasteiger partial charge in [-0.3, -0.25) is 10.3 Å². The van der Waals surface area contributed by atoms with Gasteiger partial charge in [0.25, 0.3) is 0 Å². The van der Waals surface area contributed by atoms with Crippen LogP contribution < -0.4 is 10.6 Å². The number of carbonyl (C=O) groups is 1. The Morgan fingerprint density at radius 1 is 0.955 bits per heavy atom. The molecular formula is C16H12ClN3OS. The lowest BCUT2D eigenvalue weighted by Gasteiger charge is -2.05. The number of pyridine rings is 1. The van der Waals surface area contributed by atoms with E-state index in [2.05, 4.69) is 15.6 Å². The normalized spacial score (nSPS) is 10.2. The molecule has 110 valence electrons. The van der Waals surface area contributed by atoms with Crippen molar-refractivity contribution < 1.29 is 4.79 Å². The predicted molar refractivity (Wildman–Crippen MR) is 91.6 cm³/mol. The van der Waals surface area contributed by atoms with E-state index in [1.807, 2.05) is 24.3 Å². The number of nitrogens with one attached hydrogen (secondary N) is 2. The third-order valence-electron chi connectivity index (χ3n) is 2.91. The number of hydrogen-bond donors (Lipinski definition) is 2. The first-order valence-corrected chi connectivity index (χ1v) is 7.74. The maximum atomic E-state index is 12.0. The van der Waals surface area contributed by atoms with Crippen LogP contribution in [0, 0.1) is 0 Å². The molecule has 2 aromatic heterocycles. The molecule has 0 fully saturated rings. The minimum absolute atomic E-state index is 0.287. The standard InChI is InChI=1S/C16H12ClN3OS/c17-12-1-3-13(4-2-12)19-16(21)20-15-6-5-14(22-15)11-7-9-18-10-8-11/h1-10H,(H2,19,20,21). The Morgan fingerprint density at radius 3 is 2.41 bits per heavy atom. The fourth-order valence-corrected chi connectivity index (χ4v) is 2.92. The summed E-state index contributed by atoms with van der Waals surface area (Å²) in [6, 6.07) is 14.4. The largest absolute Gasteiger partial charge is 0.324 e. The molecule has 3 aromatic rings. The highest BCUT2D eigenvalue weighted by Crippen LogP contribution is 2.30. The molecule has 2 heterocycles. The minimum Gasteiger partial charge on any atom is -0.308 e. The van der Waals surface area contributed by atoms with Crippen molar-refractivity contribution >= 4 is 39.7 Å². The number of carbonyl (C=O) groups excluding carboxylic acids is 1. The average molecular weight is 330 g/mol. The third-order valence-corrected chi connectivity index (χ3v) is 4.21. The lowest BCUT2D eigenvalue weighted by Crippen LogP contribution is -2.18. The van der Waals surface area contributed by atoms with Crippen LogP contribution in [0.25, 0.3) is 10.4 Å². The fourth-order valence-electron chi connectivity index (χ4n) is 1.88. The molecule has 3 rings (SSSR count). The van der Waals surface area contributed by atoms with Crippen LogP contribution in [0.5, 0.6) is 0 Å². The summed E-state index contributed by atoms with van der Waals surface area (Å²) in [4.78, 5) is 17.0. The van der Waals surface area contributed by atoms with Gasteiger partial charge in [0.05, 0.1) is 5.00 Å². The number of rotatable bonds is 3. The highest BCUT2D eigenvalue weighted by atomic mass is 35.5. The fraction of sp³-hybridized carbons (Fsp3) is 0. The Morgan fingerprint density at radius 2 is 1.68 bits per heavy atom. The quantitative estimate of drug-likeness (QED) is 0.701. The summed E-state index contributed by atoms with van der Waals surface area (Å²) in [5.41, 5.74) is 1.76. The Balaban J connectivity index is 1.65. The van der Waals surface area contributed by atoms with Crippen molar-refractivity contribution in [2.24, 2.45) is 0 Å². The summed E-state index contributed by atoms with van der Waals surface area (Å²) >= 11 is 7.31. The first-order chi connectivity index (χ1) is 10.7. The number of amides is 2. The molecule has 0 aliphatic heterocycles. The number of nitrogens with zero attached hydrogens (tertiary/aromatic N) is 1. The molecule has 2 amide bonds. The average Bonchev–Trinajstić information content (AvgIpc) is 2.99.